The van der Waals surface area contributed by atoms with Gasteiger partial charge in [0.05, 0.1) is 0 Å². The van der Waals surface area contributed by atoms with Gasteiger partial charge in [0.15, 0.2) is 0 Å². The predicted molar refractivity (Wildman–Crippen MR) is 62.1 cm³/mol. The van der Waals surface area contributed by atoms with Gasteiger partial charge in [-0.05, 0) is 25.7 Å². The molecule has 0 aliphatic heterocycles. The summed E-state index contributed by atoms with van der Waals surface area (Å²) < 4.78 is 36.8. The summed E-state index contributed by atoms with van der Waals surface area (Å²) in [6.07, 6.45) is -2.48. The lowest BCUT2D eigenvalue weighted by Gasteiger charge is -2.13. The van der Waals surface area contributed by atoms with E-state index in [0.29, 0.717) is 17.3 Å². The lowest BCUT2D eigenvalue weighted by Crippen LogP contribution is -2.15. The highest BCUT2D eigenvalue weighted by molar-refractivity contribution is 7.15. The second-order valence-electron chi connectivity index (χ2n) is 4.43. The molecule has 0 saturated heterocycles. The van der Waals surface area contributed by atoms with Crippen molar-refractivity contribution in [2.24, 2.45) is 5.92 Å². The molecule has 1 aromatic rings. The first-order valence-corrected chi connectivity index (χ1v) is 6.28. The molecule has 0 saturated carbocycles. The Morgan fingerprint density at radius 1 is 1.18 bits per heavy atom. The fourth-order valence-electron chi connectivity index (χ4n) is 1.26. The molecule has 1 atom stereocenters. The third-order valence-electron chi connectivity index (χ3n) is 2.21. The van der Waals surface area contributed by atoms with Crippen molar-refractivity contribution in [1.29, 1.82) is 0 Å². The van der Waals surface area contributed by atoms with Crippen molar-refractivity contribution in [2.75, 3.05) is 5.32 Å². The molecule has 1 unspecified atom stereocenters. The maximum Gasteiger partial charge on any atom is 0.445 e. The zero-order chi connectivity index (χ0) is 13.1. The van der Waals surface area contributed by atoms with Crippen molar-refractivity contribution in [1.82, 2.24) is 10.2 Å². The van der Waals surface area contributed by atoms with Crippen LogP contribution < -0.4 is 5.32 Å². The van der Waals surface area contributed by atoms with Crippen molar-refractivity contribution < 1.29 is 13.2 Å². The average molecular weight is 267 g/mol. The summed E-state index contributed by atoms with van der Waals surface area (Å²) >= 11 is 0.544. The van der Waals surface area contributed by atoms with E-state index in [2.05, 4.69) is 29.4 Å². The van der Waals surface area contributed by atoms with Gasteiger partial charge in [0, 0.05) is 6.04 Å². The average Bonchev–Trinajstić information content (AvgIpc) is 2.62. The maximum absolute atomic E-state index is 12.3. The van der Waals surface area contributed by atoms with E-state index < -0.39 is 11.2 Å². The number of hydrogen-bond donors (Lipinski definition) is 1. The van der Waals surface area contributed by atoms with Crippen LogP contribution in [-0.2, 0) is 6.18 Å². The Labute approximate surface area is 102 Å². The maximum atomic E-state index is 12.3. The second kappa shape index (κ2) is 5.66. The molecular weight excluding hydrogens is 251 g/mol. The van der Waals surface area contributed by atoms with E-state index in [-0.39, 0.29) is 11.2 Å². The number of anilines is 1. The summed E-state index contributed by atoms with van der Waals surface area (Å²) in [7, 11) is 0. The third kappa shape index (κ3) is 4.89. The minimum atomic E-state index is -4.40. The number of alkyl halides is 3. The van der Waals surface area contributed by atoms with Crippen LogP contribution in [0.4, 0.5) is 18.3 Å². The third-order valence-corrected chi connectivity index (χ3v) is 3.11. The van der Waals surface area contributed by atoms with Gasteiger partial charge in [-0.15, -0.1) is 10.2 Å². The summed E-state index contributed by atoms with van der Waals surface area (Å²) in [6.45, 7) is 6.15. The molecule has 1 heterocycles. The summed E-state index contributed by atoms with van der Waals surface area (Å²) in [6, 6.07) is 0.103. The molecule has 0 aromatic carbocycles. The quantitative estimate of drug-likeness (QED) is 0.882. The van der Waals surface area contributed by atoms with Crippen LogP contribution in [0.5, 0.6) is 0 Å². The van der Waals surface area contributed by atoms with Crippen LogP contribution in [0.3, 0.4) is 0 Å². The number of aromatic nitrogens is 2. The Hall–Kier alpha value is -0.850. The fourth-order valence-corrected chi connectivity index (χ4v) is 1.98. The van der Waals surface area contributed by atoms with E-state index in [1.807, 2.05) is 6.92 Å². The van der Waals surface area contributed by atoms with Crippen LogP contribution in [0.15, 0.2) is 0 Å². The van der Waals surface area contributed by atoms with Crippen LogP contribution in [0.25, 0.3) is 0 Å². The van der Waals surface area contributed by atoms with Crippen molar-refractivity contribution in [3.63, 3.8) is 0 Å². The molecule has 98 valence electrons. The van der Waals surface area contributed by atoms with E-state index >= 15 is 0 Å². The first-order chi connectivity index (χ1) is 7.79. The molecule has 3 nitrogen and oxygen atoms in total. The standard InChI is InChI=1S/C10H16F3N3S/c1-6(2)4-5-7(3)14-9-16-15-8(17-9)10(11,12)13/h6-7H,4-5H2,1-3H3,(H,14,16). The molecule has 0 fully saturated rings. The smallest absolute Gasteiger partial charge is 0.358 e. The Kier molecular flexibility index (Phi) is 4.73. The summed E-state index contributed by atoms with van der Waals surface area (Å²) in [5.74, 6) is 0.583. The van der Waals surface area contributed by atoms with Gasteiger partial charge >= 0.3 is 6.18 Å². The lowest BCUT2D eigenvalue weighted by atomic mass is 10.0. The molecule has 0 amide bonds. The van der Waals surface area contributed by atoms with Gasteiger partial charge in [0.2, 0.25) is 10.1 Å². The van der Waals surface area contributed by atoms with Crippen LogP contribution in [0.1, 0.15) is 38.6 Å². The van der Waals surface area contributed by atoms with E-state index in [1.54, 1.807) is 0 Å². The molecule has 1 aromatic heterocycles. The summed E-state index contributed by atoms with van der Waals surface area (Å²) in [5.41, 5.74) is 0. The number of nitrogens with one attached hydrogen (secondary N) is 1. The molecule has 7 heteroatoms. The molecule has 1 N–H and O–H groups in total. The first kappa shape index (κ1) is 14.2. The SMILES string of the molecule is CC(C)CCC(C)Nc1nnc(C(F)(F)F)s1. The Balaban J connectivity index is 2.49. The Morgan fingerprint density at radius 3 is 2.29 bits per heavy atom. The number of rotatable bonds is 5. The Morgan fingerprint density at radius 2 is 1.82 bits per heavy atom. The predicted octanol–water partition coefficient (Wildman–Crippen LogP) is 3.79. The van der Waals surface area contributed by atoms with Crippen LogP contribution >= 0.6 is 11.3 Å². The van der Waals surface area contributed by atoms with E-state index in [0.717, 1.165) is 12.8 Å². The van der Waals surface area contributed by atoms with Crippen LogP contribution in [0.2, 0.25) is 0 Å². The van der Waals surface area contributed by atoms with Gasteiger partial charge < -0.3 is 5.32 Å². The monoisotopic (exact) mass is 267 g/mol. The largest absolute Gasteiger partial charge is 0.445 e. The van der Waals surface area contributed by atoms with Crippen LogP contribution in [0, 0.1) is 5.92 Å². The molecular formula is C10H16F3N3S. The number of nitrogens with zero attached hydrogens (tertiary/aromatic N) is 2. The summed E-state index contributed by atoms with van der Waals surface area (Å²) in [5, 5.41) is 8.86. The molecule has 0 bridgehead atoms. The van der Waals surface area contributed by atoms with E-state index in [1.165, 1.54) is 0 Å². The Bertz CT molecular complexity index is 349. The van der Waals surface area contributed by atoms with E-state index in [9.17, 15) is 13.2 Å². The van der Waals surface area contributed by atoms with Crippen molar-refractivity contribution in [3.8, 4) is 0 Å². The minimum Gasteiger partial charge on any atom is -0.358 e. The van der Waals surface area contributed by atoms with E-state index in [4.69, 9.17) is 0 Å². The topological polar surface area (TPSA) is 37.8 Å². The highest BCUT2D eigenvalue weighted by atomic mass is 32.1. The van der Waals surface area contributed by atoms with Crippen molar-refractivity contribution in [3.05, 3.63) is 5.01 Å². The van der Waals surface area contributed by atoms with Crippen molar-refractivity contribution in [2.45, 2.75) is 45.8 Å². The van der Waals surface area contributed by atoms with Gasteiger partial charge in [-0.2, -0.15) is 13.2 Å². The minimum absolute atomic E-state index is 0.103. The highest BCUT2D eigenvalue weighted by Crippen LogP contribution is 2.33. The van der Waals surface area contributed by atoms with Gasteiger partial charge in [-0.3, -0.25) is 0 Å². The molecule has 0 radical (unpaired) electrons. The fraction of sp³-hybridized carbons (Fsp3) is 0.800. The van der Waals surface area contributed by atoms with Gasteiger partial charge in [-0.1, -0.05) is 25.2 Å². The zero-order valence-corrected chi connectivity index (χ0v) is 10.8. The first-order valence-electron chi connectivity index (χ1n) is 5.46. The van der Waals surface area contributed by atoms with Gasteiger partial charge in [0.1, 0.15) is 0 Å². The second-order valence-corrected chi connectivity index (χ2v) is 5.40. The molecule has 0 spiro atoms. The molecule has 17 heavy (non-hydrogen) atoms. The van der Waals surface area contributed by atoms with Crippen LogP contribution in [-0.4, -0.2) is 16.2 Å². The summed E-state index contributed by atoms with van der Waals surface area (Å²) in [4.78, 5) is 0. The molecule has 1 rings (SSSR count). The molecule has 0 aliphatic carbocycles. The molecule has 0 aliphatic rings. The van der Waals surface area contributed by atoms with Crippen molar-refractivity contribution >= 4 is 16.5 Å². The highest BCUT2D eigenvalue weighted by Gasteiger charge is 2.35. The lowest BCUT2D eigenvalue weighted by molar-refractivity contribution is -0.138. The normalized spacial score (nSPS) is 14.1. The van der Waals surface area contributed by atoms with Gasteiger partial charge in [0.25, 0.3) is 0 Å². The number of halogens is 3. The van der Waals surface area contributed by atoms with Gasteiger partial charge in [-0.25, -0.2) is 0 Å². The zero-order valence-electron chi connectivity index (χ0n) is 10.0. The number of hydrogen-bond acceptors (Lipinski definition) is 4.